The van der Waals surface area contributed by atoms with Crippen molar-refractivity contribution in [2.24, 2.45) is 5.92 Å². The highest BCUT2D eigenvalue weighted by Crippen LogP contribution is 2.32. The zero-order valence-electron chi connectivity index (χ0n) is 10.2. The van der Waals surface area contributed by atoms with E-state index in [4.69, 9.17) is 15.6 Å². The number of hydrogen-bond donors (Lipinski definition) is 2. The average Bonchev–Trinajstić information content (AvgIpc) is 2.29. The maximum atomic E-state index is 10.8. The number of nitriles is 2. The van der Waals surface area contributed by atoms with Gasteiger partial charge in [-0.15, -0.1) is 0 Å². The van der Waals surface area contributed by atoms with Crippen LogP contribution in [0.5, 0.6) is 0 Å². The van der Waals surface area contributed by atoms with Gasteiger partial charge in [-0.1, -0.05) is 0 Å². The summed E-state index contributed by atoms with van der Waals surface area (Å²) >= 11 is 0. The number of rotatable bonds is 5. The highest BCUT2D eigenvalue weighted by molar-refractivity contribution is 5.70. The largest absolute Gasteiger partial charge is 0.481 e. The molecule has 18 heavy (non-hydrogen) atoms. The lowest BCUT2D eigenvalue weighted by atomic mass is 9.78. The van der Waals surface area contributed by atoms with Crippen LogP contribution in [0.2, 0.25) is 0 Å². The van der Waals surface area contributed by atoms with E-state index < -0.39 is 11.6 Å². The van der Waals surface area contributed by atoms with E-state index >= 15 is 0 Å². The standard InChI is InChI=1S/C12H17N3O3/c13-5-7-15(8-6-14)9-12(18)3-1-10(2-4-12)11(16)17/h10,18H,1-4,7-9H2,(H,16,17). The zero-order chi connectivity index (χ0) is 13.6. The Morgan fingerprint density at radius 1 is 1.28 bits per heavy atom. The Labute approximate surface area is 106 Å². The molecule has 0 unspecified atom stereocenters. The molecule has 1 fully saturated rings. The second kappa shape index (κ2) is 6.34. The third kappa shape index (κ3) is 3.99. The molecule has 1 aliphatic rings. The van der Waals surface area contributed by atoms with Gasteiger partial charge in [0.05, 0.1) is 36.7 Å². The molecule has 6 heteroatoms. The first-order valence-electron chi connectivity index (χ1n) is 5.92. The Morgan fingerprint density at radius 3 is 2.17 bits per heavy atom. The molecule has 0 radical (unpaired) electrons. The molecule has 2 N–H and O–H groups in total. The second-order valence-corrected chi connectivity index (χ2v) is 4.80. The van der Waals surface area contributed by atoms with Gasteiger partial charge in [-0.25, -0.2) is 0 Å². The molecule has 0 heterocycles. The fraction of sp³-hybridized carbons (Fsp3) is 0.750. The summed E-state index contributed by atoms with van der Waals surface area (Å²) in [5.41, 5.74) is -0.973. The van der Waals surface area contributed by atoms with Gasteiger partial charge in [0.25, 0.3) is 0 Å². The number of hydrogen-bond acceptors (Lipinski definition) is 5. The van der Waals surface area contributed by atoms with Crippen molar-refractivity contribution in [1.29, 1.82) is 10.5 Å². The number of aliphatic carboxylic acids is 1. The minimum atomic E-state index is -0.973. The summed E-state index contributed by atoms with van der Waals surface area (Å²) in [4.78, 5) is 12.4. The normalized spacial score (nSPS) is 27.4. The van der Waals surface area contributed by atoms with Crippen LogP contribution in [0.4, 0.5) is 0 Å². The average molecular weight is 251 g/mol. The Bertz CT molecular complexity index is 359. The monoisotopic (exact) mass is 251 g/mol. The molecule has 0 bridgehead atoms. The smallest absolute Gasteiger partial charge is 0.306 e. The van der Waals surface area contributed by atoms with Crippen LogP contribution in [0.15, 0.2) is 0 Å². The summed E-state index contributed by atoms with van der Waals surface area (Å²) < 4.78 is 0. The van der Waals surface area contributed by atoms with Gasteiger partial charge in [-0.2, -0.15) is 10.5 Å². The minimum absolute atomic E-state index is 0.0955. The maximum Gasteiger partial charge on any atom is 0.306 e. The first-order chi connectivity index (χ1) is 8.50. The van der Waals surface area contributed by atoms with Crippen molar-refractivity contribution >= 4 is 5.97 Å². The molecule has 0 aromatic rings. The summed E-state index contributed by atoms with van der Waals surface area (Å²) in [6, 6.07) is 3.91. The summed E-state index contributed by atoms with van der Waals surface area (Å²) in [7, 11) is 0. The van der Waals surface area contributed by atoms with Crippen molar-refractivity contribution < 1.29 is 15.0 Å². The van der Waals surface area contributed by atoms with Crippen molar-refractivity contribution in [1.82, 2.24) is 4.90 Å². The number of aliphatic hydroxyl groups is 1. The van der Waals surface area contributed by atoms with Crippen molar-refractivity contribution in [3.8, 4) is 12.1 Å². The Balaban J connectivity index is 2.53. The second-order valence-electron chi connectivity index (χ2n) is 4.80. The zero-order valence-corrected chi connectivity index (χ0v) is 10.2. The Kier molecular flexibility index (Phi) is 5.08. The molecule has 0 aliphatic heterocycles. The van der Waals surface area contributed by atoms with E-state index in [1.54, 1.807) is 4.90 Å². The molecule has 6 nitrogen and oxygen atoms in total. The van der Waals surface area contributed by atoms with E-state index in [1.165, 1.54) is 0 Å². The van der Waals surface area contributed by atoms with Crippen molar-refractivity contribution in [2.75, 3.05) is 19.6 Å². The van der Waals surface area contributed by atoms with Gasteiger partial charge in [0.2, 0.25) is 0 Å². The Morgan fingerprint density at radius 2 is 1.78 bits per heavy atom. The first kappa shape index (κ1) is 14.4. The van der Waals surface area contributed by atoms with Crippen LogP contribution in [-0.4, -0.2) is 46.3 Å². The fourth-order valence-corrected chi connectivity index (χ4v) is 2.34. The molecule has 1 saturated carbocycles. The molecule has 98 valence electrons. The van der Waals surface area contributed by atoms with Crippen LogP contribution < -0.4 is 0 Å². The molecule has 1 rings (SSSR count). The predicted octanol–water partition coefficient (Wildman–Crippen LogP) is 0.341. The highest BCUT2D eigenvalue weighted by Gasteiger charge is 2.36. The molecule has 1 aliphatic carbocycles. The quantitative estimate of drug-likeness (QED) is 0.682. The third-order valence-electron chi connectivity index (χ3n) is 3.37. The van der Waals surface area contributed by atoms with Gasteiger partial charge in [0.1, 0.15) is 0 Å². The van der Waals surface area contributed by atoms with Crippen molar-refractivity contribution in [3.05, 3.63) is 0 Å². The van der Waals surface area contributed by atoms with E-state index in [1.807, 2.05) is 12.1 Å². The molecule has 0 atom stereocenters. The molecule has 0 saturated heterocycles. The van der Waals surface area contributed by atoms with Gasteiger partial charge >= 0.3 is 5.97 Å². The molecule has 0 aromatic carbocycles. The summed E-state index contributed by atoms with van der Waals surface area (Å²) in [6.07, 6.45) is 1.69. The third-order valence-corrected chi connectivity index (χ3v) is 3.37. The van der Waals surface area contributed by atoms with Crippen LogP contribution in [0.25, 0.3) is 0 Å². The summed E-state index contributed by atoms with van der Waals surface area (Å²) in [5, 5.41) is 36.5. The molecule has 0 spiro atoms. The van der Waals surface area contributed by atoms with Crippen LogP contribution in [0.3, 0.4) is 0 Å². The van der Waals surface area contributed by atoms with Crippen LogP contribution in [0.1, 0.15) is 25.7 Å². The minimum Gasteiger partial charge on any atom is -0.481 e. The van der Waals surface area contributed by atoms with Crippen LogP contribution in [0, 0.1) is 28.6 Å². The number of carbonyl (C=O) groups is 1. The highest BCUT2D eigenvalue weighted by atomic mass is 16.4. The molecule has 0 amide bonds. The van der Waals surface area contributed by atoms with Crippen molar-refractivity contribution in [2.45, 2.75) is 31.3 Å². The fourth-order valence-electron chi connectivity index (χ4n) is 2.34. The number of nitrogens with zero attached hydrogens (tertiary/aromatic N) is 3. The summed E-state index contributed by atoms with van der Waals surface area (Å²) in [5.74, 6) is -1.20. The number of carboxylic acids is 1. The van der Waals surface area contributed by atoms with E-state index in [2.05, 4.69) is 0 Å². The van der Waals surface area contributed by atoms with E-state index in [-0.39, 0.29) is 25.6 Å². The predicted molar refractivity (Wildman–Crippen MR) is 62.2 cm³/mol. The van der Waals surface area contributed by atoms with Gasteiger partial charge in [0, 0.05) is 6.54 Å². The molecule has 0 aromatic heterocycles. The lowest BCUT2D eigenvalue weighted by molar-refractivity contribution is -0.145. The first-order valence-corrected chi connectivity index (χ1v) is 5.92. The van der Waals surface area contributed by atoms with Crippen molar-refractivity contribution in [3.63, 3.8) is 0 Å². The Hall–Kier alpha value is -1.63. The van der Waals surface area contributed by atoms with E-state index in [0.29, 0.717) is 25.7 Å². The molecular weight excluding hydrogens is 234 g/mol. The van der Waals surface area contributed by atoms with Gasteiger partial charge in [0.15, 0.2) is 0 Å². The lowest BCUT2D eigenvalue weighted by Gasteiger charge is -2.37. The van der Waals surface area contributed by atoms with Gasteiger partial charge in [-0.05, 0) is 25.7 Å². The van der Waals surface area contributed by atoms with Crippen LogP contribution >= 0.6 is 0 Å². The number of carboxylic acid groups (broad SMARTS) is 1. The van der Waals surface area contributed by atoms with E-state index in [9.17, 15) is 9.90 Å². The van der Waals surface area contributed by atoms with Crippen LogP contribution in [-0.2, 0) is 4.79 Å². The topological polar surface area (TPSA) is 108 Å². The van der Waals surface area contributed by atoms with Gasteiger partial charge in [-0.3, -0.25) is 9.69 Å². The maximum absolute atomic E-state index is 10.8. The molecular formula is C12H17N3O3. The SMILES string of the molecule is N#CCN(CC#N)CC1(O)CCC(C(=O)O)CC1. The lowest BCUT2D eigenvalue weighted by Crippen LogP contribution is -2.46. The van der Waals surface area contributed by atoms with E-state index in [0.717, 1.165) is 0 Å². The van der Waals surface area contributed by atoms with Gasteiger partial charge < -0.3 is 10.2 Å². The summed E-state index contributed by atoms with van der Waals surface area (Å²) in [6.45, 7) is 0.441.